The highest BCUT2D eigenvalue weighted by atomic mass is 32.2. The lowest BCUT2D eigenvalue weighted by molar-refractivity contribution is -0.113. The smallest absolute Gasteiger partial charge is 0.286 e. The zero-order valence-corrected chi connectivity index (χ0v) is 17.7. The van der Waals surface area contributed by atoms with Crippen LogP contribution in [0, 0.1) is 0 Å². The fraction of sp³-hybridized carbons (Fsp3) is 0.227. The normalized spacial score (nSPS) is 16.5. The molecule has 31 heavy (non-hydrogen) atoms. The Hall–Kier alpha value is -3.30. The molecule has 2 atom stereocenters. The highest BCUT2D eigenvalue weighted by Crippen LogP contribution is 2.31. The Bertz CT molecular complexity index is 1220. The number of fused-ring (bicyclic) bond motifs is 1. The van der Waals surface area contributed by atoms with Crippen LogP contribution < -0.4 is 11.1 Å². The number of rotatable bonds is 7. The lowest BCUT2D eigenvalue weighted by Crippen LogP contribution is -2.29. The maximum atomic E-state index is 12.8. The molecule has 1 aliphatic heterocycles. The predicted octanol–water partition coefficient (Wildman–Crippen LogP) is 3.39. The van der Waals surface area contributed by atoms with Crippen molar-refractivity contribution in [1.29, 1.82) is 0 Å². The van der Waals surface area contributed by atoms with Gasteiger partial charge in [0.1, 0.15) is 11.2 Å². The number of nitrogens with one attached hydrogen (secondary N) is 1. The molecule has 160 valence electrons. The lowest BCUT2D eigenvalue weighted by atomic mass is 9.93. The molecule has 8 nitrogen and oxygen atoms in total. The number of carbonyl (C=O) groups excluding carboxylic acids is 1. The molecule has 2 aromatic carbocycles. The number of anilines is 1. The van der Waals surface area contributed by atoms with Crippen molar-refractivity contribution in [2.75, 3.05) is 5.32 Å². The van der Waals surface area contributed by atoms with Crippen LogP contribution in [0.2, 0.25) is 0 Å². The van der Waals surface area contributed by atoms with Crippen LogP contribution in [-0.4, -0.2) is 25.0 Å². The number of carbonyl (C=O) groups is 1. The minimum atomic E-state index is -4.01. The minimum absolute atomic E-state index is 0.0146. The van der Waals surface area contributed by atoms with E-state index in [2.05, 4.69) is 14.7 Å². The van der Waals surface area contributed by atoms with Gasteiger partial charge in [0.25, 0.3) is 10.0 Å². The summed E-state index contributed by atoms with van der Waals surface area (Å²) in [6.45, 7) is 1.76. The van der Waals surface area contributed by atoms with Gasteiger partial charge in [-0.2, -0.15) is 8.42 Å². The minimum Gasteiger partial charge on any atom is -0.448 e. The number of benzene rings is 2. The molecule has 0 saturated carbocycles. The van der Waals surface area contributed by atoms with Crippen molar-refractivity contribution >= 4 is 27.3 Å². The van der Waals surface area contributed by atoms with Crippen molar-refractivity contribution in [3.63, 3.8) is 0 Å². The van der Waals surface area contributed by atoms with E-state index >= 15 is 0 Å². The molecule has 0 radical (unpaired) electrons. The number of amidine groups is 1. The largest absolute Gasteiger partial charge is 0.448 e. The first-order chi connectivity index (χ1) is 14.8. The molecule has 0 bridgehead atoms. The van der Waals surface area contributed by atoms with E-state index in [9.17, 15) is 13.2 Å². The van der Waals surface area contributed by atoms with Crippen molar-refractivity contribution in [2.24, 2.45) is 10.1 Å². The molecule has 0 aliphatic carbocycles. The third kappa shape index (κ3) is 4.42. The summed E-state index contributed by atoms with van der Waals surface area (Å²) in [4.78, 5) is 17.1. The standard InChI is InChI=1S/C22H22N4O4S/c1-14(23)16-7-9-18-20(13-16)31(28,29)26-21(25-18)19(27)10-8-17(22-24-11-12-30-22)15-5-3-2-4-6-15/h2-7,9,11-14,17H,8,10,23H2,1H3,(H,25,26). The first kappa shape index (κ1) is 21.0. The predicted molar refractivity (Wildman–Crippen MR) is 116 cm³/mol. The highest BCUT2D eigenvalue weighted by Gasteiger charge is 2.29. The Balaban J connectivity index is 1.55. The van der Waals surface area contributed by atoms with Crippen molar-refractivity contribution in [1.82, 2.24) is 4.98 Å². The molecule has 3 aromatic rings. The maximum Gasteiger partial charge on any atom is 0.286 e. The van der Waals surface area contributed by atoms with Gasteiger partial charge in [-0.25, -0.2) is 4.98 Å². The fourth-order valence-electron chi connectivity index (χ4n) is 3.50. The fourth-order valence-corrected chi connectivity index (χ4v) is 4.67. The van der Waals surface area contributed by atoms with Crippen LogP contribution in [0.15, 0.2) is 74.7 Å². The second-order valence-electron chi connectivity index (χ2n) is 7.38. The van der Waals surface area contributed by atoms with E-state index in [1.807, 2.05) is 30.3 Å². The lowest BCUT2D eigenvalue weighted by Gasteiger charge is -2.19. The van der Waals surface area contributed by atoms with Crippen molar-refractivity contribution < 1.29 is 17.6 Å². The highest BCUT2D eigenvalue weighted by molar-refractivity contribution is 7.90. The van der Waals surface area contributed by atoms with Gasteiger partial charge in [0.05, 0.1) is 17.8 Å². The number of ketones is 1. The molecule has 4 rings (SSSR count). The summed E-state index contributed by atoms with van der Waals surface area (Å²) >= 11 is 0. The molecule has 3 N–H and O–H groups in total. The summed E-state index contributed by atoms with van der Waals surface area (Å²) in [6.07, 6.45) is 3.50. The molecule has 0 spiro atoms. The van der Waals surface area contributed by atoms with E-state index in [-0.39, 0.29) is 29.1 Å². The Morgan fingerprint density at radius 1 is 1.16 bits per heavy atom. The number of oxazole rings is 1. The van der Waals surface area contributed by atoms with Crippen molar-refractivity contribution in [3.05, 3.63) is 78.0 Å². The maximum absolute atomic E-state index is 12.8. The Kier molecular flexibility index (Phi) is 5.71. The molecular weight excluding hydrogens is 416 g/mol. The van der Waals surface area contributed by atoms with Crippen LogP contribution >= 0.6 is 0 Å². The summed E-state index contributed by atoms with van der Waals surface area (Å²) in [7, 11) is -4.01. The monoisotopic (exact) mass is 438 g/mol. The quantitative estimate of drug-likeness (QED) is 0.579. The summed E-state index contributed by atoms with van der Waals surface area (Å²) in [5.41, 5.74) is 7.79. The van der Waals surface area contributed by atoms with Gasteiger partial charge in [-0.1, -0.05) is 36.4 Å². The third-order valence-corrected chi connectivity index (χ3v) is 6.47. The molecular formula is C22H22N4O4S. The van der Waals surface area contributed by atoms with Gasteiger partial charge in [-0.05, 0) is 36.6 Å². The number of hydrogen-bond acceptors (Lipinski definition) is 7. The number of aromatic nitrogens is 1. The number of sulfonamides is 1. The van der Waals surface area contributed by atoms with Gasteiger partial charge in [0.2, 0.25) is 5.89 Å². The Morgan fingerprint density at radius 2 is 1.94 bits per heavy atom. The van der Waals surface area contributed by atoms with Crippen LogP contribution in [0.5, 0.6) is 0 Å². The van der Waals surface area contributed by atoms with E-state index in [0.717, 1.165) is 5.56 Å². The Labute approximate surface area is 180 Å². The molecule has 2 unspecified atom stereocenters. The molecule has 1 aliphatic rings. The molecule has 2 heterocycles. The van der Waals surface area contributed by atoms with E-state index in [0.29, 0.717) is 23.6 Å². The second-order valence-corrected chi connectivity index (χ2v) is 8.95. The van der Waals surface area contributed by atoms with Crippen molar-refractivity contribution in [3.8, 4) is 0 Å². The van der Waals surface area contributed by atoms with Crippen LogP contribution in [0.3, 0.4) is 0 Å². The summed E-state index contributed by atoms with van der Waals surface area (Å²) in [5.74, 6) is -0.334. The summed E-state index contributed by atoms with van der Waals surface area (Å²) < 4.78 is 34.5. The zero-order chi connectivity index (χ0) is 22.0. The SMILES string of the molecule is CC(N)c1ccc2c(c1)S(=O)(=O)N=C(C(=O)CCC(c1ccccc1)c1ncco1)N2. The number of Topliss-reactive ketones (excluding diaryl/α,β-unsaturated/α-hetero) is 1. The summed E-state index contributed by atoms with van der Waals surface area (Å²) in [5, 5.41) is 2.86. The second kappa shape index (κ2) is 8.44. The van der Waals surface area contributed by atoms with Gasteiger partial charge in [-0.3, -0.25) is 4.79 Å². The average Bonchev–Trinajstić information content (AvgIpc) is 3.28. The van der Waals surface area contributed by atoms with E-state index < -0.39 is 15.8 Å². The van der Waals surface area contributed by atoms with Crippen LogP contribution in [0.1, 0.15) is 48.7 Å². The van der Waals surface area contributed by atoms with Gasteiger partial charge in [-0.15, -0.1) is 4.40 Å². The first-order valence-corrected chi connectivity index (χ1v) is 11.3. The van der Waals surface area contributed by atoms with Crippen LogP contribution in [0.4, 0.5) is 5.69 Å². The van der Waals surface area contributed by atoms with E-state index in [1.165, 1.54) is 12.3 Å². The third-order valence-electron chi connectivity index (χ3n) is 5.15. The van der Waals surface area contributed by atoms with Crippen LogP contribution in [0.25, 0.3) is 0 Å². The number of hydrogen-bond donors (Lipinski definition) is 2. The van der Waals surface area contributed by atoms with E-state index in [4.69, 9.17) is 10.2 Å². The molecule has 9 heteroatoms. The number of nitrogens with two attached hydrogens (primary N) is 1. The topological polar surface area (TPSA) is 128 Å². The first-order valence-electron chi connectivity index (χ1n) is 9.84. The average molecular weight is 439 g/mol. The molecule has 0 saturated heterocycles. The van der Waals surface area contributed by atoms with Crippen LogP contribution in [-0.2, 0) is 14.8 Å². The van der Waals surface area contributed by atoms with Gasteiger partial charge in [0, 0.05) is 12.5 Å². The number of nitrogens with zero attached hydrogens (tertiary/aromatic N) is 2. The molecule has 0 amide bonds. The van der Waals surface area contributed by atoms with Gasteiger partial charge >= 0.3 is 0 Å². The molecule has 0 fully saturated rings. The van der Waals surface area contributed by atoms with Gasteiger partial charge in [0.15, 0.2) is 11.6 Å². The van der Waals surface area contributed by atoms with Crippen molar-refractivity contribution in [2.45, 2.75) is 36.6 Å². The zero-order valence-electron chi connectivity index (χ0n) is 16.9. The van der Waals surface area contributed by atoms with Gasteiger partial charge < -0.3 is 15.5 Å². The van der Waals surface area contributed by atoms with E-state index in [1.54, 1.807) is 25.3 Å². The molecule has 1 aromatic heterocycles. The summed E-state index contributed by atoms with van der Waals surface area (Å²) in [6, 6.07) is 14.1. The Morgan fingerprint density at radius 3 is 2.61 bits per heavy atom.